The Labute approximate surface area is 82.0 Å². The summed E-state index contributed by atoms with van der Waals surface area (Å²) >= 11 is 0. The van der Waals surface area contributed by atoms with Crippen LogP contribution in [0.15, 0.2) is 36.0 Å². The van der Waals surface area contributed by atoms with E-state index >= 15 is 0 Å². The van der Waals surface area contributed by atoms with E-state index in [1.165, 1.54) is 24.8 Å². The Kier molecular flexibility index (Phi) is 4.01. The molecule has 0 nitrogen and oxygen atoms in total. The van der Waals surface area contributed by atoms with Crippen LogP contribution in [-0.4, -0.2) is 0 Å². The lowest BCUT2D eigenvalue weighted by Crippen LogP contribution is -2.04. The zero-order valence-corrected chi connectivity index (χ0v) is 8.84. The van der Waals surface area contributed by atoms with Gasteiger partial charge in [0.1, 0.15) is 0 Å². The molecule has 1 atom stereocenters. The molecule has 0 radical (unpaired) electrons. The molecule has 0 aromatic heterocycles. The van der Waals surface area contributed by atoms with Gasteiger partial charge in [0, 0.05) is 0 Å². The molecule has 0 heteroatoms. The molecule has 1 rings (SSSR count). The van der Waals surface area contributed by atoms with Gasteiger partial charge < -0.3 is 0 Å². The fraction of sp³-hybridized carbons (Fsp3) is 0.538. The first kappa shape index (κ1) is 10.3. The van der Waals surface area contributed by atoms with Crippen LogP contribution in [0.5, 0.6) is 0 Å². The second kappa shape index (κ2) is 5.06. The summed E-state index contributed by atoms with van der Waals surface area (Å²) in [5.41, 5.74) is 3.13. The van der Waals surface area contributed by atoms with Gasteiger partial charge in [-0.25, -0.2) is 0 Å². The van der Waals surface area contributed by atoms with Crippen LogP contribution in [0.1, 0.15) is 39.5 Å². The van der Waals surface area contributed by atoms with Crippen LogP contribution in [0, 0.1) is 5.92 Å². The molecule has 0 fully saturated rings. The molecule has 1 unspecified atom stereocenters. The molecular formula is C13H20. The van der Waals surface area contributed by atoms with E-state index in [1.54, 1.807) is 5.57 Å². The Balaban J connectivity index is 2.64. The van der Waals surface area contributed by atoms with Gasteiger partial charge in [0.2, 0.25) is 0 Å². The monoisotopic (exact) mass is 176 g/mol. The molecule has 13 heavy (non-hydrogen) atoms. The number of hydrogen-bond acceptors (Lipinski definition) is 0. The second-order valence-electron chi connectivity index (χ2n) is 3.88. The van der Waals surface area contributed by atoms with Crippen LogP contribution in [0.2, 0.25) is 0 Å². The number of allylic oxidation sites excluding steroid dienone is 5. The fourth-order valence-corrected chi connectivity index (χ4v) is 1.88. The first-order valence-corrected chi connectivity index (χ1v) is 5.25. The molecule has 0 saturated heterocycles. The highest BCUT2D eigenvalue weighted by molar-refractivity contribution is 5.24. The van der Waals surface area contributed by atoms with Gasteiger partial charge in [0.05, 0.1) is 0 Å². The average Bonchev–Trinajstić information content (AvgIpc) is 2.16. The van der Waals surface area contributed by atoms with E-state index in [-0.39, 0.29) is 0 Å². The van der Waals surface area contributed by atoms with E-state index in [2.05, 4.69) is 32.6 Å². The summed E-state index contributed by atoms with van der Waals surface area (Å²) < 4.78 is 0. The lowest BCUT2D eigenvalue weighted by atomic mass is 9.86. The maximum atomic E-state index is 3.82. The summed E-state index contributed by atoms with van der Waals surface area (Å²) in [6.07, 6.45) is 11.5. The molecule has 0 aromatic carbocycles. The van der Waals surface area contributed by atoms with Gasteiger partial charge in [-0.2, -0.15) is 0 Å². The largest absolute Gasteiger partial charge is 0.103 e. The molecule has 0 aliphatic heterocycles. The van der Waals surface area contributed by atoms with Crippen molar-refractivity contribution in [2.45, 2.75) is 39.5 Å². The van der Waals surface area contributed by atoms with E-state index in [9.17, 15) is 0 Å². The highest BCUT2D eigenvalue weighted by Crippen LogP contribution is 2.28. The quantitative estimate of drug-likeness (QED) is 0.561. The fourth-order valence-electron chi connectivity index (χ4n) is 1.88. The van der Waals surface area contributed by atoms with Gasteiger partial charge in [0.15, 0.2) is 0 Å². The van der Waals surface area contributed by atoms with Crippen LogP contribution in [0.3, 0.4) is 0 Å². The van der Waals surface area contributed by atoms with Gasteiger partial charge in [-0.05, 0) is 38.5 Å². The Hall–Kier alpha value is -0.780. The van der Waals surface area contributed by atoms with Crippen molar-refractivity contribution in [1.29, 1.82) is 0 Å². The molecule has 0 saturated carbocycles. The molecule has 72 valence electrons. The molecule has 0 spiro atoms. The van der Waals surface area contributed by atoms with Crippen LogP contribution in [0.25, 0.3) is 0 Å². The normalized spacial score (nSPS) is 18.9. The smallest absolute Gasteiger partial charge is 0.0168 e. The lowest BCUT2D eigenvalue weighted by molar-refractivity contribution is 0.571. The molecule has 1 aliphatic rings. The van der Waals surface area contributed by atoms with Crippen LogP contribution < -0.4 is 0 Å². The molecule has 0 heterocycles. The summed E-state index contributed by atoms with van der Waals surface area (Å²) in [5.74, 6) is 0.738. The van der Waals surface area contributed by atoms with Gasteiger partial charge in [-0.15, -0.1) is 6.58 Å². The third kappa shape index (κ3) is 2.87. The van der Waals surface area contributed by atoms with E-state index in [4.69, 9.17) is 0 Å². The summed E-state index contributed by atoms with van der Waals surface area (Å²) in [6, 6.07) is 0. The van der Waals surface area contributed by atoms with Gasteiger partial charge in [-0.1, -0.05) is 36.3 Å². The summed E-state index contributed by atoms with van der Waals surface area (Å²) in [4.78, 5) is 0. The first-order valence-electron chi connectivity index (χ1n) is 5.25. The molecular weight excluding hydrogens is 156 g/mol. The van der Waals surface area contributed by atoms with E-state index in [0.717, 1.165) is 12.3 Å². The second-order valence-corrected chi connectivity index (χ2v) is 3.88. The molecule has 1 aliphatic carbocycles. The zero-order valence-electron chi connectivity index (χ0n) is 8.84. The molecule has 0 bridgehead atoms. The lowest BCUT2D eigenvalue weighted by Gasteiger charge is -2.20. The topological polar surface area (TPSA) is 0 Å². The van der Waals surface area contributed by atoms with E-state index in [0.29, 0.717) is 0 Å². The Morgan fingerprint density at radius 1 is 1.46 bits per heavy atom. The summed E-state index contributed by atoms with van der Waals surface area (Å²) in [7, 11) is 0. The highest BCUT2D eigenvalue weighted by atomic mass is 14.2. The summed E-state index contributed by atoms with van der Waals surface area (Å²) in [6.45, 7) is 8.29. The highest BCUT2D eigenvalue weighted by Gasteiger charge is 2.12. The van der Waals surface area contributed by atoms with Crippen molar-refractivity contribution in [2.75, 3.05) is 0 Å². The Morgan fingerprint density at radius 2 is 2.23 bits per heavy atom. The predicted octanol–water partition coefficient (Wildman–Crippen LogP) is 4.26. The number of hydrogen-bond donors (Lipinski definition) is 0. The van der Waals surface area contributed by atoms with Crippen LogP contribution >= 0.6 is 0 Å². The average molecular weight is 176 g/mol. The maximum absolute atomic E-state index is 3.82. The third-order valence-corrected chi connectivity index (χ3v) is 2.86. The first-order chi connectivity index (χ1) is 6.27. The maximum Gasteiger partial charge on any atom is -0.0168 e. The minimum Gasteiger partial charge on any atom is -0.103 e. The minimum absolute atomic E-state index is 0.738. The van der Waals surface area contributed by atoms with Crippen molar-refractivity contribution in [2.24, 2.45) is 5.92 Å². The Morgan fingerprint density at radius 3 is 2.69 bits per heavy atom. The third-order valence-electron chi connectivity index (χ3n) is 2.86. The van der Waals surface area contributed by atoms with Crippen LogP contribution in [-0.2, 0) is 0 Å². The molecule has 0 N–H and O–H groups in total. The van der Waals surface area contributed by atoms with Crippen molar-refractivity contribution in [3.63, 3.8) is 0 Å². The van der Waals surface area contributed by atoms with E-state index < -0.39 is 0 Å². The van der Waals surface area contributed by atoms with Crippen molar-refractivity contribution in [3.8, 4) is 0 Å². The minimum atomic E-state index is 0.738. The van der Waals surface area contributed by atoms with Crippen molar-refractivity contribution >= 4 is 0 Å². The number of rotatable bonds is 4. The van der Waals surface area contributed by atoms with E-state index in [1.807, 2.05) is 6.08 Å². The standard InChI is InChI=1S/C13H20/c1-4-6-12(5-2)13-9-7-11(3)8-10-13/h4,7,9,12H,1,5-6,8,10H2,2-3H3. The predicted molar refractivity (Wildman–Crippen MR) is 59.7 cm³/mol. The van der Waals surface area contributed by atoms with Crippen molar-refractivity contribution in [3.05, 3.63) is 36.0 Å². The van der Waals surface area contributed by atoms with Crippen molar-refractivity contribution in [1.82, 2.24) is 0 Å². The SMILES string of the molecule is C=CCC(CC)C1=CC=C(C)CC1. The molecule has 0 amide bonds. The molecule has 0 aromatic rings. The van der Waals surface area contributed by atoms with Gasteiger partial charge >= 0.3 is 0 Å². The van der Waals surface area contributed by atoms with Gasteiger partial charge in [-0.3, -0.25) is 0 Å². The van der Waals surface area contributed by atoms with Crippen molar-refractivity contribution < 1.29 is 0 Å². The van der Waals surface area contributed by atoms with Crippen LogP contribution in [0.4, 0.5) is 0 Å². The summed E-state index contributed by atoms with van der Waals surface area (Å²) in [5, 5.41) is 0. The zero-order chi connectivity index (χ0) is 9.68. The Bertz CT molecular complexity index is 230. The van der Waals surface area contributed by atoms with Gasteiger partial charge in [0.25, 0.3) is 0 Å².